The summed E-state index contributed by atoms with van der Waals surface area (Å²) in [6.07, 6.45) is -0.575. The summed E-state index contributed by atoms with van der Waals surface area (Å²) in [5.41, 5.74) is 1.91. The van der Waals surface area contributed by atoms with Crippen LogP contribution < -0.4 is 10.1 Å². The van der Waals surface area contributed by atoms with Crippen molar-refractivity contribution in [2.24, 2.45) is 0 Å². The van der Waals surface area contributed by atoms with E-state index in [9.17, 15) is 5.11 Å². The second-order valence-electron chi connectivity index (χ2n) is 4.85. The summed E-state index contributed by atoms with van der Waals surface area (Å²) in [6, 6.07) is 7.51. The van der Waals surface area contributed by atoms with Crippen molar-refractivity contribution < 1.29 is 14.4 Å². The minimum absolute atomic E-state index is 0.246. The Bertz CT molecular complexity index is 549. The maximum absolute atomic E-state index is 9.90. The number of nitrogens with zero attached hydrogens (tertiary/aromatic N) is 1. The first-order valence-corrected chi connectivity index (χ1v) is 7.54. The number of hydrogen-bond acceptors (Lipinski definition) is 5. The normalized spacial score (nSPS) is 12.4. The SMILES string of the molecule is Cc1noc(C)c1CNCC(O)COc1ccc(Br)cc1. The van der Waals surface area contributed by atoms with E-state index in [-0.39, 0.29) is 6.61 Å². The average Bonchev–Trinajstić information content (AvgIpc) is 2.78. The summed E-state index contributed by atoms with van der Waals surface area (Å²) >= 11 is 3.36. The fourth-order valence-corrected chi connectivity index (χ4v) is 2.16. The van der Waals surface area contributed by atoms with Crippen molar-refractivity contribution in [3.63, 3.8) is 0 Å². The molecule has 0 radical (unpaired) electrons. The van der Waals surface area contributed by atoms with Crippen molar-refractivity contribution in [2.45, 2.75) is 26.5 Å². The Hall–Kier alpha value is -1.37. The molecule has 0 aliphatic heterocycles. The topological polar surface area (TPSA) is 67.5 Å². The molecular weight excluding hydrogens is 336 g/mol. The summed E-state index contributed by atoms with van der Waals surface area (Å²) < 4.78 is 11.6. The van der Waals surface area contributed by atoms with Crippen LogP contribution in [0.25, 0.3) is 0 Å². The van der Waals surface area contributed by atoms with E-state index in [4.69, 9.17) is 9.26 Å². The first-order chi connectivity index (χ1) is 10.1. The number of aliphatic hydroxyl groups excluding tert-OH is 1. The highest BCUT2D eigenvalue weighted by molar-refractivity contribution is 9.10. The maximum Gasteiger partial charge on any atom is 0.138 e. The second kappa shape index (κ2) is 7.59. The van der Waals surface area contributed by atoms with Gasteiger partial charge in [-0.25, -0.2) is 0 Å². The standard InChI is InChI=1S/C15H19BrN2O3/c1-10-15(11(2)21-18-10)8-17-7-13(19)9-20-14-5-3-12(16)4-6-14/h3-6,13,17,19H,7-9H2,1-2H3. The summed E-state index contributed by atoms with van der Waals surface area (Å²) in [4.78, 5) is 0. The molecule has 0 aliphatic rings. The van der Waals surface area contributed by atoms with Gasteiger partial charge in [0.05, 0.1) is 5.69 Å². The van der Waals surface area contributed by atoms with Gasteiger partial charge in [-0.1, -0.05) is 21.1 Å². The molecule has 0 bridgehead atoms. The highest BCUT2D eigenvalue weighted by Gasteiger charge is 2.10. The maximum atomic E-state index is 9.90. The van der Waals surface area contributed by atoms with E-state index >= 15 is 0 Å². The lowest BCUT2D eigenvalue weighted by Gasteiger charge is -2.13. The minimum Gasteiger partial charge on any atom is -0.491 e. The molecule has 114 valence electrons. The molecule has 1 heterocycles. The number of benzene rings is 1. The number of halogens is 1. The second-order valence-corrected chi connectivity index (χ2v) is 5.77. The lowest BCUT2D eigenvalue weighted by molar-refractivity contribution is 0.106. The quantitative estimate of drug-likeness (QED) is 0.799. The van der Waals surface area contributed by atoms with Gasteiger partial charge in [0.2, 0.25) is 0 Å². The highest BCUT2D eigenvalue weighted by Crippen LogP contribution is 2.16. The molecule has 5 nitrogen and oxygen atoms in total. The number of ether oxygens (including phenoxy) is 1. The van der Waals surface area contributed by atoms with Crippen LogP contribution in [0.5, 0.6) is 5.75 Å². The molecule has 2 aromatic rings. The third-order valence-electron chi connectivity index (χ3n) is 3.12. The molecule has 2 rings (SSSR count). The first kappa shape index (κ1) is 16.0. The number of rotatable bonds is 7. The molecule has 0 spiro atoms. The zero-order valence-corrected chi connectivity index (χ0v) is 13.7. The van der Waals surface area contributed by atoms with E-state index in [1.165, 1.54) is 0 Å². The number of aromatic nitrogens is 1. The van der Waals surface area contributed by atoms with Gasteiger partial charge in [0.25, 0.3) is 0 Å². The van der Waals surface area contributed by atoms with Crippen molar-refractivity contribution >= 4 is 15.9 Å². The zero-order valence-electron chi connectivity index (χ0n) is 12.1. The van der Waals surface area contributed by atoms with Crippen molar-refractivity contribution in [2.75, 3.05) is 13.2 Å². The first-order valence-electron chi connectivity index (χ1n) is 6.75. The molecule has 0 aliphatic carbocycles. The van der Waals surface area contributed by atoms with Crippen molar-refractivity contribution in [1.82, 2.24) is 10.5 Å². The van der Waals surface area contributed by atoms with E-state index in [0.717, 1.165) is 27.2 Å². The van der Waals surface area contributed by atoms with Crippen LogP contribution in [-0.2, 0) is 6.54 Å². The Kier molecular flexibility index (Phi) is 5.78. The van der Waals surface area contributed by atoms with Crippen molar-refractivity contribution in [1.29, 1.82) is 0 Å². The molecule has 1 atom stereocenters. The van der Waals surface area contributed by atoms with Crippen LogP contribution in [0.2, 0.25) is 0 Å². The van der Waals surface area contributed by atoms with Crippen molar-refractivity contribution in [3.05, 3.63) is 45.8 Å². The highest BCUT2D eigenvalue weighted by atomic mass is 79.9. The lowest BCUT2D eigenvalue weighted by atomic mass is 10.2. The van der Waals surface area contributed by atoms with E-state index in [0.29, 0.717) is 13.1 Å². The Morgan fingerprint density at radius 3 is 2.67 bits per heavy atom. The van der Waals surface area contributed by atoms with Crippen LogP contribution in [0.15, 0.2) is 33.3 Å². The molecule has 2 N–H and O–H groups in total. The predicted octanol–water partition coefficient (Wildman–Crippen LogP) is 2.58. The molecule has 0 saturated heterocycles. The van der Waals surface area contributed by atoms with E-state index in [1.54, 1.807) is 0 Å². The molecule has 0 amide bonds. The largest absolute Gasteiger partial charge is 0.491 e. The van der Waals surface area contributed by atoms with Gasteiger partial charge in [0.1, 0.15) is 24.2 Å². The van der Waals surface area contributed by atoms with Gasteiger partial charge < -0.3 is 19.7 Å². The Labute approximate surface area is 132 Å². The van der Waals surface area contributed by atoms with Crippen molar-refractivity contribution in [3.8, 4) is 5.75 Å². The molecule has 21 heavy (non-hydrogen) atoms. The molecule has 0 saturated carbocycles. The third kappa shape index (κ3) is 4.84. The Morgan fingerprint density at radius 2 is 2.05 bits per heavy atom. The Balaban J connectivity index is 1.70. The van der Waals surface area contributed by atoms with Gasteiger partial charge in [-0.15, -0.1) is 0 Å². The molecule has 0 fully saturated rings. The van der Waals surface area contributed by atoms with Gasteiger partial charge in [-0.3, -0.25) is 0 Å². The van der Waals surface area contributed by atoms with Crippen LogP contribution >= 0.6 is 15.9 Å². The van der Waals surface area contributed by atoms with Crippen LogP contribution in [-0.4, -0.2) is 29.5 Å². The number of nitrogens with one attached hydrogen (secondary N) is 1. The smallest absolute Gasteiger partial charge is 0.138 e. The van der Waals surface area contributed by atoms with Gasteiger partial charge in [0, 0.05) is 23.1 Å². The van der Waals surface area contributed by atoms with E-state index < -0.39 is 6.10 Å². The fourth-order valence-electron chi connectivity index (χ4n) is 1.90. The lowest BCUT2D eigenvalue weighted by Crippen LogP contribution is -2.31. The molecule has 1 aromatic carbocycles. The van der Waals surface area contributed by atoms with Gasteiger partial charge in [-0.05, 0) is 38.1 Å². The van der Waals surface area contributed by atoms with Gasteiger partial charge in [-0.2, -0.15) is 0 Å². The molecule has 1 aromatic heterocycles. The molecule has 6 heteroatoms. The summed E-state index contributed by atoms with van der Waals surface area (Å²) in [6.45, 7) is 5.10. The third-order valence-corrected chi connectivity index (χ3v) is 3.65. The predicted molar refractivity (Wildman–Crippen MR) is 83.3 cm³/mol. The fraction of sp³-hybridized carbons (Fsp3) is 0.400. The van der Waals surface area contributed by atoms with Crippen LogP contribution in [0.4, 0.5) is 0 Å². The van der Waals surface area contributed by atoms with E-state index in [2.05, 4.69) is 26.4 Å². The van der Waals surface area contributed by atoms with Crippen LogP contribution in [0.1, 0.15) is 17.0 Å². The summed E-state index contributed by atoms with van der Waals surface area (Å²) in [5.74, 6) is 1.54. The average molecular weight is 355 g/mol. The van der Waals surface area contributed by atoms with E-state index in [1.807, 2.05) is 38.1 Å². The Morgan fingerprint density at radius 1 is 1.33 bits per heavy atom. The van der Waals surface area contributed by atoms with Gasteiger partial charge in [0.15, 0.2) is 0 Å². The molecule has 1 unspecified atom stereocenters. The minimum atomic E-state index is -0.575. The summed E-state index contributed by atoms with van der Waals surface area (Å²) in [5, 5.41) is 17.0. The molecular formula is C15H19BrN2O3. The number of aryl methyl sites for hydroxylation is 2. The summed E-state index contributed by atoms with van der Waals surface area (Å²) in [7, 11) is 0. The van der Waals surface area contributed by atoms with Crippen LogP contribution in [0.3, 0.4) is 0 Å². The van der Waals surface area contributed by atoms with Gasteiger partial charge >= 0.3 is 0 Å². The monoisotopic (exact) mass is 354 g/mol. The number of hydrogen-bond donors (Lipinski definition) is 2. The zero-order chi connectivity index (χ0) is 15.2. The van der Waals surface area contributed by atoms with Crippen LogP contribution in [0, 0.1) is 13.8 Å². The number of aliphatic hydroxyl groups is 1.